The number of carbonyl (C=O) groups excluding carboxylic acids is 1. The first kappa shape index (κ1) is 22.7. The van der Waals surface area contributed by atoms with Crippen molar-refractivity contribution < 1.29 is 4.79 Å². The van der Waals surface area contributed by atoms with Crippen LogP contribution in [-0.4, -0.2) is 29.6 Å². The molecule has 0 aliphatic carbocycles. The van der Waals surface area contributed by atoms with Gasteiger partial charge in [0.15, 0.2) is 0 Å². The van der Waals surface area contributed by atoms with Gasteiger partial charge in [-0.1, -0.05) is 64.7 Å². The minimum atomic E-state index is -0.174. The summed E-state index contributed by atoms with van der Waals surface area (Å²) in [6.45, 7) is 8.47. The first-order chi connectivity index (χ1) is 10.6. The Hall–Kier alpha value is -0.280. The summed E-state index contributed by atoms with van der Waals surface area (Å²) in [5.41, 5.74) is -0.174. The molecule has 0 spiro atoms. The van der Waals surface area contributed by atoms with Crippen LogP contribution in [0.2, 0.25) is 0 Å². The number of carbonyl (C=O) groups is 1. The van der Waals surface area contributed by atoms with Crippen LogP contribution in [0.1, 0.15) is 97.8 Å². The van der Waals surface area contributed by atoms with Crippen molar-refractivity contribution in [2.45, 2.75) is 103 Å². The molecule has 1 rings (SSSR count). The van der Waals surface area contributed by atoms with Gasteiger partial charge in [0.2, 0.25) is 5.91 Å². The van der Waals surface area contributed by atoms with Crippen molar-refractivity contribution >= 4 is 18.3 Å². The topological polar surface area (TPSA) is 32.3 Å². The first-order valence-corrected chi connectivity index (χ1v) is 9.63. The lowest BCUT2D eigenvalue weighted by molar-refractivity contribution is -0.133. The van der Waals surface area contributed by atoms with Crippen LogP contribution in [0.15, 0.2) is 0 Å². The van der Waals surface area contributed by atoms with Crippen molar-refractivity contribution in [3.05, 3.63) is 0 Å². The molecule has 3 nitrogen and oxygen atoms in total. The number of amides is 1. The van der Waals surface area contributed by atoms with Crippen molar-refractivity contribution in [3.63, 3.8) is 0 Å². The van der Waals surface area contributed by atoms with Gasteiger partial charge in [0.25, 0.3) is 0 Å². The Bertz CT molecular complexity index is 308. The van der Waals surface area contributed by atoms with E-state index in [1.54, 1.807) is 0 Å². The summed E-state index contributed by atoms with van der Waals surface area (Å²) >= 11 is 0. The maximum atomic E-state index is 11.8. The van der Waals surface area contributed by atoms with Gasteiger partial charge in [-0.15, -0.1) is 12.4 Å². The second kappa shape index (κ2) is 13.1. The Kier molecular flexibility index (Phi) is 12.9. The zero-order valence-electron chi connectivity index (χ0n) is 15.7. The maximum absolute atomic E-state index is 11.8. The van der Waals surface area contributed by atoms with E-state index in [9.17, 15) is 4.79 Å². The highest BCUT2D eigenvalue weighted by atomic mass is 35.5. The maximum Gasteiger partial charge on any atom is 0.224 e. The third kappa shape index (κ3) is 9.56. The number of nitrogens with one attached hydrogen (secondary N) is 1. The third-order valence-electron chi connectivity index (χ3n) is 4.84. The van der Waals surface area contributed by atoms with Crippen LogP contribution in [0.3, 0.4) is 0 Å². The van der Waals surface area contributed by atoms with Gasteiger partial charge in [0.1, 0.15) is 0 Å². The highest BCUT2D eigenvalue weighted by Crippen LogP contribution is 2.20. The highest BCUT2D eigenvalue weighted by molar-refractivity contribution is 5.85. The summed E-state index contributed by atoms with van der Waals surface area (Å²) in [5.74, 6) is 0.306. The van der Waals surface area contributed by atoms with Crippen LogP contribution in [0, 0.1) is 0 Å². The lowest BCUT2D eigenvalue weighted by Crippen LogP contribution is -2.55. The van der Waals surface area contributed by atoms with E-state index in [1.807, 2.05) is 4.90 Å². The van der Waals surface area contributed by atoms with Crippen molar-refractivity contribution in [2.75, 3.05) is 13.1 Å². The first-order valence-electron chi connectivity index (χ1n) is 9.63. The van der Waals surface area contributed by atoms with E-state index in [-0.39, 0.29) is 18.1 Å². The predicted molar refractivity (Wildman–Crippen MR) is 102 cm³/mol. The molecule has 138 valence electrons. The fraction of sp³-hybridized carbons (Fsp3) is 0.947. The van der Waals surface area contributed by atoms with E-state index in [4.69, 9.17) is 0 Å². The SMILES string of the molecule is CCCCCCCCCCCCNC(C)(C)N1CCCC1=O.Cl. The van der Waals surface area contributed by atoms with Gasteiger partial charge < -0.3 is 4.90 Å². The zero-order valence-corrected chi connectivity index (χ0v) is 16.5. The monoisotopic (exact) mass is 346 g/mol. The molecule has 0 radical (unpaired) electrons. The van der Waals surface area contributed by atoms with Gasteiger partial charge in [-0.3, -0.25) is 10.1 Å². The minimum Gasteiger partial charge on any atom is -0.325 e. The van der Waals surface area contributed by atoms with Gasteiger partial charge in [-0.05, 0) is 33.2 Å². The molecule has 1 fully saturated rings. The van der Waals surface area contributed by atoms with Crippen LogP contribution < -0.4 is 5.32 Å². The number of hydrogen-bond donors (Lipinski definition) is 1. The van der Waals surface area contributed by atoms with E-state index < -0.39 is 0 Å². The molecule has 1 aliphatic rings. The smallest absolute Gasteiger partial charge is 0.224 e. The van der Waals surface area contributed by atoms with Crippen molar-refractivity contribution in [3.8, 4) is 0 Å². The molecular weight excluding hydrogens is 308 g/mol. The Morgan fingerprint density at radius 1 is 0.957 bits per heavy atom. The van der Waals surface area contributed by atoms with Gasteiger partial charge in [-0.25, -0.2) is 0 Å². The Balaban J connectivity index is 0.00000484. The van der Waals surface area contributed by atoms with Crippen molar-refractivity contribution in [1.82, 2.24) is 10.2 Å². The van der Waals surface area contributed by atoms with Crippen molar-refractivity contribution in [1.29, 1.82) is 0 Å². The normalized spacial score (nSPS) is 15.1. The molecule has 0 aromatic rings. The highest BCUT2D eigenvalue weighted by Gasteiger charge is 2.33. The third-order valence-corrected chi connectivity index (χ3v) is 4.84. The summed E-state index contributed by atoms with van der Waals surface area (Å²) in [6.07, 6.45) is 15.4. The van der Waals surface area contributed by atoms with Crippen molar-refractivity contribution in [2.24, 2.45) is 0 Å². The molecule has 0 aromatic heterocycles. The molecule has 0 unspecified atom stereocenters. The number of hydrogen-bond acceptors (Lipinski definition) is 2. The summed E-state index contributed by atoms with van der Waals surface area (Å²) in [5, 5.41) is 3.56. The lowest BCUT2D eigenvalue weighted by Gasteiger charge is -2.36. The number of rotatable bonds is 13. The fourth-order valence-corrected chi connectivity index (χ4v) is 3.34. The van der Waals surface area contributed by atoms with E-state index in [0.717, 1.165) is 25.9 Å². The largest absolute Gasteiger partial charge is 0.325 e. The molecule has 1 N–H and O–H groups in total. The number of halogens is 1. The summed E-state index contributed by atoms with van der Waals surface area (Å²) in [7, 11) is 0. The molecule has 0 bridgehead atoms. The molecule has 0 saturated carbocycles. The van der Waals surface area contributed by atoms with Crippen LogP contribution >= 0.6 is 12.4 Å². The van der Waals surface area contributed by atoms with E-state index in [0.29, 0.717) is 5.91 Å². The average molecular weight is 347 g/mol. The summed E-state index contributed by atoms with van der Waals surface area (Å²) < 4.78 is 0. The average Bonchev–Trinajstić information content (AvgIpc) is 2.92. The number of nitrogens with zero attached hydrogens (tertiary/aromatic N) is 1. The fourth-order valence-electron chi connectivity index (χ4n) is 3.34. The molecular formula is C19H39ClN2O. The zero-order chi connectivity index (χ0) is 16.3. The van der Waals surface area contributed by atoms with Gasteiger partial charge in [-0.2, -0.15) is 0 Å². The Morgan fingerprint density at radius 2 is 1.48 bits per heavy atom. The Morgan fingerprint density at radius 3 is 1.96 bits per heavy atom. The van der Waals surface area contributed by atoms with Crippen LogP contribution in [0.4, 0.5) is 0 Å². The molecule has 4 heteroatoms. The van der Waals surface area contributed by atoms with Gasteiger partial charge >= 0.3 is 0 Å². The van der Waals surface area contributed by atoms with Crippen LogP contribution in [0.5, 0.6) is 0 Å². The van der Waals surface area contributed by atoms with Crippen LogP contribution in [0.25, 0.3) is 0 Å². The minimum absolute atomic E-state index is 0. The van der Waals surface area contributed by atoms with Gasteiger partial charge in [0, 0.05) is 13.0 Å². The number of likely N-dealkylation sites (tertiary alicyclic amines) is 1. The molecule has 1 heterocycles. The predicted octanol–water partition coefficient (Wildman–Crippen LogP) is 5.28. The molecule has 23 heavy (non-hydrogen) atoms. The summed E-state index contributed by atoms with van der Waals surface area (Å²) in [4.78, 5) is 13.8. The molecule has 0 atom stereocenters. The molecule has 1 aliphatic heterocycles. The second-order valence-electron chi connectivity index (χ2n) is 7.32. The van der Waals surface area contributed by atoms with Crippen LogP contribution in [-0.2, 0) is 4.79 Å². The van der Waals surface area contributed by atoms with E-state index in [1.165, 1.54) is 64.2 Å². The Labute approximate surface area is 150 Å². The van der Waals surface area contributed by atoms with Gasteiger partial charge in [0.05, 0.1) is 5.66 Å². The molecule has 1 amide bonds. The van der Waals surface area contributed by atoms with E-state index in [2.05, 4.69) is 26.1 Å². The standard InChI is InChI=1S/C19H38N2O.ClH/c1-4-5-6-7-8-9-10-11-12-13-16-20-19(2,3)21-17-14-15-18(21)22;/h20H,4-17H2,1-3H3;1H. The molecule has 1 saturated heterocycles. The molecule has 0 aromatic carbocycles. The number of unbranched alkanes of at least 4 members (excludes halogenated alkanes) is 9. The van der Waals surface area contributed by atoms with E-state index >= 15 is 0 Å². The lowest BCUT2D eigenvalue weighted by atomic mass is 10.1. The quantitative estimate of drug-likeness (QED) is 0.460. The second-order valence-corrected chi connectivity index (χ2v) is 7.32. The summed E-state index contributed by atoms with van der Waals surface area (Å²) in [6, 6.07) is 0.